The summed E-state index contributed by atoms with van der Waals surface area (Å²) in [5.74, 6) is 1.56. The SMILES string of the molecule is CN1CC2CN(c3ccc4ccn(C)c(=O)c4c3)CC2C1. The van der Waals surface area contributed by atoms with Crippen LogP contribution in [0.4, 0.5) is 5.69 Å². The van der Waals surface area contributed by atoms with Gasteiger partial charge in [-0.25, -0.2) is 0 Å². The number of aromatic nitrogens is 1. The minimum Gasteiger partial charge on any atom is -0.371 e. The third kappa shape index (κ3) is 2.05. The minimum absolute atomic E-state index is 0.0912. The summed E-state index contributed by atoms with van der Waals surface area (Å²) in [4.78, 5) is 17.2. The molecule has 110 valence electrons. The molecular formula is C17H21N3O. The van der Waals surface area contributed by atoms with Gasteiger partial charge in [0.2, 0.25) is 0 Å². The van der Waals surface area contributed by atoms with Crippen molar-refractivity contribution >= 4 is 16.5 Å². The minimum atomic E-state index is 0.0912. The van der Waals surface area contributed by atoms with Gasteiger partial charge in [0.1, 0.15) is 0 Å². The fourth-order valence-electron chi connectivity index (χ4n) is 3.96. The van der Waals surface area contributed by atoms with Gasteiger partial charge in [0.05, 0.1) is 0 Å². The lowest BCUT2D eigenvalue weighted by Crippen LogP contribution is -2.26. The van der Waals surface area contributed by atoms with Gasteiger partial charge in [-0.15, -0.1) is 0 Å². The molecule has 2 atom stereocenters. The zero-order valence-electron chi connectivity index (χ0n) is 12.6. The molecular weight excluding hydrogens is 262 g/mol. The molecule has 2 aromatic rings. The van der Waals surface area contributed by atoms with E-state index in [0.29, 0.717) is 0 Å². The molecule has 0 spiro atoms. The van der Waals surface area contributed by atoms with Crippen molar-refractivity contribution in [3.8, 4) is 0 Å². The van der Waals surface area contributed by atoms with Crippen LogP contribution in [0.1, 0.15) is 0 Å². The van der Waals surface area contributed by atoms with Crippen LogP contribution in [0, 0.1) is 11.8 Å². The predicted octanol–water partition coefficient (Wildman–Crippen LogP) is 1.54. The van der Waals surface area contributed by atoms with Crippen molar-refractivity contribution in [1.82, 2.24) is 9.47 Å². The lowest BCUT2D eigenvalue weighted by molar-refractivity contribution is 0.387. The normalized spacial score (nSPS) is 25.7. The first-order valence-corrected chi connectivity index (χ1v) is 7.65. The summed E-state index contributed by atoms with van der Waals surface area (Å²) in [5, 5.41) is 1.85. The summed E-state index contributed by atoms with van der Waals surface area (Å²) in [7, 11) is 4.02. The van der Waals surface area contributed by atoms with Gasteiger partial charge in [-0.3, -0.25) is 4.79 Å². The Hall–Kier alpha value is -1.81. The Bertz CT molecular complexity index is 737. The molecule has 0 N–H and O–H groups in total. The van der Waals surface area contributed by atoms with Crippen molar-refractivity contribution in [2.45, 2.75) is 0 Å². The standard InChI is InChI=1S/C17H21N3O/c1-18-8-13-10-20(11-14(13)9-18)15-4-3-12-5-6-19(2)17(21)16(12)7-15/h3-7,13-14H,8-11H2,1-2H3. The predicted molar refractivity (Wildman–Crippen MR) is 85.9 cm³/mol. The van der Waals surface area contributed by atoms with Crippen molar-refractivity contribution < 1.29 is 0 Å². The molecule has 2 saturated heterocycles. The van der Waals surface area contributed by atoms with E-state index in [1.165, 1.54) is 18.8 Å². The summed E-state index contributed by atoms with van der Waals surface area (Å²) in [6.07, 6.45) is 1.83. The van der Waals surface area contributed by atoms with Gasteiger partial charge in [-0.05, 0) is 42.5 Å². The van der Waals surface area contributed by atoms with Crippen molar-refractivity contribution in [2.75, 3.05) is 38.1 Å². The number of hydrogen-bond acceptors (Lipinski definition) is 3. The third-order valence-electron chi connectivity index (χ3n) is 5.10. The highest BCUT2D eigenvalue weighted by molar-refractivity contribution is 5.85. The van der Waals surface area contributed by atoms with E-state index >= 15 is 0 Å². The average Bonchev–Trinajstić information content (AvgIpc) is 3.00. The Morgan fingerprint density at radius 1 is 1.00 bits per heavy atom. The smallest absolute Gasteiger partial charge is 0.258 e. The highest BCUT2D eigenvalue weighted by Gasteiger charge is 2.38. The second kappa shape index (κ2) is 4.60. The Kier molecular flexibility index (Phi) is 2.82. The largest absolute Gasteiger partial charge is 0.371 e. The Labute approximate surface area is 124 Å². The van der Waals surface area contributed by atoms with Crippen molar-refractivity contribution in [3.05, 3.63) is 40.8 Å². The van der Waals surface area contributed by atoms with Gasteiger partial charge in [-0.2, -0.15) is 0 Å². The summed E-state index contributed by atoms with van der Waals surface area (Å²) in [5.41, 5.74) is 1.29. The second-order valence-electron chi connectivity index (χ2n) is 6.65. The molecule has 2 fully saturated rings. The van der Waals surface area contributed by atoms with E-state index < -0.39 is 0 Å². The molecule has 2 unspecified atom stereocenters. The van der Waals surface area contributed by atoms with Crippen molar-refractivity contribution in [1.29, 1.82) is 0 Å². The van der Waals surface area contributed by atoms with Gasteiger partial charge in [0, 0.05) is 50.5 Å². The Morgan fingerprint density at radius 2 is 1.71 bits per heavy atom. The number of benzene rings is 1. The molecule has 0 aliphatic carbocycles. The van der Waals surface area contributed by atoms with Crippen LogP contribution in [0.25, 0.3) is 10.8 Å². The molecule has 4 heteroatoms. The van der Waals surface area contributed by atoms with Gasteiger partial charge in [0.25, 0.3) is 5.56 Å². The summed E-state index contributed by atoms with van der Waals surface area (Å²) >= 11 is 0. The maximum atomic E-state index is 12.3. The first kappa shape index (κ1) is 12.9. The molecule has 0 amide bonds. The molecule has 1 aromatic heterocycles. The van der Waals surface area contributed by atoms with Gasteiger partial charge in [0.15, 0.2) is 0 Å². The van der Waals surface area contributed by atoms with Crippen LogP contribution in [-0.4, -0.2) is 42.7 Å². The highest BCUT2D eigenvalue weighted by atomic mass is 16.1. The number of aryl methyl sites for hydroxylation is 1. The molecule has 0 saturated carbocycles. The second-order valence-corrected chi connectivity index (χ2v) is 6.65. The van der Waals surface area contributed by atoms with Crippen LogP contribution in [0.3, 0.4) is 0 Å². The van der Waals surface area contributed by atoms with E-state index in [9.17, 15) is 4.79 Å². The maximum absolute atomic E-state index is 12.3. The van der Waals surface area contributed by atoms with E-state index in [1.807, 2.05) is 19.3 Å². The van der Waals surface area contributed by atoms with Gasteiger partial charge >= 0.3 is 0 Å². The monoisotopic (exact) mass is 283 g/mol. The molecule has 21 heavy (non-hydrogen) atoms. The molecule has 2 aliphatic heterocycles. The van der Waals surface area contributed by atoms with Crippen molar-refractivity contribution in [3.63, 3.8) is 0 Å². The van der Waals surface area contributed by atoms with Gasteiger partial charge in [-0.1, -0.05) is 6.07 Å². The summed E-state index contributed by atoms with van der Waals surface area (Å²) in [6.45, 7) is 4.65. The van der Waals surface area contributed by atoms with E-state index in [1.54, 1.807) is 4.57 Å². The molecule has 4 nitrogen and oxygen atoms in total. The molecule has 1 aromatic carbocycles. The number of rotatable bonds is 1. The fourth-order valence-corrected chi connectivity index (χ4v) is 3.96. The number of nitrogens with zero attached hydrogens (tertiary/aromatic N) is 3. The van der Waals surface area contributed by atoms with E-state index in [-0.39, 0.29) is 5.56 Å². The molecule has 0 bridgehead atoms. The van der Waals surface area contributed by atoms with Crippen LogP contribution in [-0.2, 0) is 7.05 Å². The van der Waals surface area contributed by atoms with E-state index in [0.717, 1.165) is 35.7 Å². The quantitative estimate of drug-likeness (QED) is 0.795. The number of hydrogen-bond donors (Lipinski definition) is 0. The van der Waals surface area contributed by atoms with E-state index in [2.05, 4.69) is 35.0 Å². The molecule has 3 heterocycles. The molecule has 0 radical (unpaired) electrons. The maximum Gasteiger partial charge on any atom is 0.258 e. The lowest BCUT2D eigenvalue weighted by Gasteiger charge is -2.21. The zero-order valence-corrected chi connectivity index (χ0v) is 12.6. The van der Waals surface area contributed by atoms with Gasteiger partial charge < -0.3 is 14.4 Å². The molecule has 2 aliphatic rings. The van der Waals surface area contributed by atoms with E-state index in [4.69, 9.17) is 0 Å². The van der Waals surface area contributed by atoms with Crippen LogP contribution in [0.5, 0.6) is 0 Å². The average molecular weight is 283 g/mol. The number of anilines is 1. The number of pyridine rings is 1. The van der Waals surface area contributed by atoms with Crippen LogP contribution >= 0.6 is 0 Å². The van der Waals surface area contributed by atoms with Crippen molar-refractivity contribution in [2.24, 2.45) is 18.9 Å². The number of likely N-dealkylation sites (tertiary alicyclic amines) is 1. The van der Waals surface area contributed by atoms with Crippen LogP contribution < -0.4 is 10.5 Å². The van der Waals surface area contributed by atoms with Crippen LogP contribution in [0.15, 0.2) is 35.3 Å². The summed E-state index contributed by atoms with van der Waals surface area (Å²) in [6, 6.07) is 8.31. The molecule has 4 rings (SSSR count). The fraction of sp³-hybridized carbons (Fsp3) is 0.471. The third-order valence-corrected chi connectivity index (χ3v) is 5.10. The first-order chi connectivity index (χ1) is 10.1. The Balaban J connectivity index is 1.69. The lowest BCUT2D eigenvalue weighted by atomic mass is 10.0. The topological polar surface area (TPSA) is 28.5 Å². The zero-order chi connectivity index (χ0) is 14.6. The first-order valence-electron chi connectivity index (χ1n) is 7.65. The number of fused-ring (bicyclic) bond motifs is 2. The van der Waals surface area contributed by atoms with Crippen LogP contribution in [0.2, 0.25) is 0 Å². The summed E-state index contributed by atoms with van der Waals surface area (Å²) < 4.78 is 1.65. The highest BCUT2D eigenvalue weighted by Crippen LogP contribution is 2.33. The Morgan fingerprint density at radius 3 is 2.43 bits per heavy atom.